The molecule has 0 spiro atoms. The van der Waals surface area contributed by atoms with Gasteiger partial charge in [0.15, 0.2) is 0 Å². The van der Waals surface area contributed by atoms with Crippen LogP contribution in [0.2, 0.25) is 0 Å². The van der Waals surface area contributed by atoms with Crippen LogP contribution < -0.4 is 11.1 Å². The average molecular weight is 192 g/mol. The maximum absolute atomic E-state index is 5.48. The van der Waals surface area contributed by atoms with Gasteiger partial charge in [-0.3, -0.25) is 0 Å². The Kier molecular flexibility index (Phi) is 3.46. The van der Waals surface area contributed by atoms with Gasteiger partial charge in [0.2, 0.25) is 0 Å². The molecule has 0 saturated carbocycles. The highest BCUT2D eigenvalue weighted by atomic mass is 32.1. The number of hydrogen-bond donors (Lipinski definition) is 2. The van der Waals surface area contributed by atoms with Gasteiger partial charge in [-0.2, -0.15) is 0 Å². The molecule has 0 unspecified atom stereocenters. The molecule has 1 rings (SSSR count). The summed E-state index contributed by atoms with van der Waals surface area (Å²) in [7, 11) is 0. The molecule has 1 aromatic carbocycles. The van der Waals surface area contributed by atoms with Gasteiger partial charge in [0, 0.05) is 11.4 Å². The van der Waals surface area contributed by atoms with E-state index < -0.39 is 0 Å². The van der Waals surface area contributed by atoms with Crippen LogP contribution >= 0.6 is 12.2 Å². The average Bonchev–Trinajstić information content (AvgIpc) is 2.04. The van der Waals surface area contributed by atoms with Crippen molar-refractivity contribution in [2.45, 2.75) is 6.92 Å². The second kappa shape index (κ2) is 4.62. The Morgan fingerprint density at radius 1 is 1.38 bits per heavy atom. The highest BCUT2D eigenvalue weighted by molar-refractivity contribution is 7.81. The number of hydrogen-bond acceptors (Lipinski definition) is 2. The van der Waals surface area contributed by atoms with E-state index in [2.05, 4.69) is 5.32 Å². The molecule has 0 aliphatic carbocycles. The molecular formula is C10H12N2S. The molecule has 0 bridgehead atoms. The summed E-state index contributed by atoms with van der Waals surface area (Å²) in [6, 6.07) is 9.75. The van der Waals surface area contributed by atoms with Crippen molar-refractivity contribution in [1.82, 2.24) is 0 Å². The topological polar surface area (TPSA) is 38.0 Å². The number of para-hydroxylation sites is 1. The van der Waals surface area contributed by atoms with E-state index in [1.807, 2.05) is 30.3 Å². The van der Waals surface area contributed by atoms with Crippen LogP contribution in [0.5, 0.6) is 0 Å². The Hall–Kier alpha value is -1.35. The van der Waals surface area contributed by atoms with E-state index in [1.165, 1.54) is 0 Å². The van der Waals surface area contributed by atoms with Crippen LogP contribution in [0.4, 0.5) is 5.69 Å². The van der Waals surface area contributed by atoms with Gasteiger partial charge in [-0.25, -0.2) is 0 Å². The number of nitrogens with two attached hydrogens (primary N) is 1. The molecule has 2 nitrogen and oxygen atoms in total. The molecule has 3 N–H and O–H groups in total. The molecule has 0 fully saturated rings. The van der Waals surface area contributed by atoms with Gasteiger partial charge < -0.3 is 11.1 Å². The number of anilines is 1. The quantitative estimate of drug-likeness (QED) is 0.557. The molecular weight excluding hydrogens is 180 g/mol. The fourth-order valence-electron chi connectivity index (χ4n) is 0.907. The molecule has 0 atom stereocenters. The van der Waals surface area contributed by atoms with Gasteiger partial charge in [0.05, 0.1) is 0 Å². The third kappa shape index (κ3) is 3.71. The molecule has 13 heavy (non-hydrogen) atoms. The third-order valence-electron chi connectivity index (χ3n) is 1.40. The second-order valence-electron chi connectivity index (χ2n) is 2.74. The molecule has 3 heteroatoms. The van der Waals surface area contributed by atoms with Crippen molar-refractivity contribution in [2.24, 2.45) is 5.73 Å². The number of rotatable bonds is 2. The van der Waals surface area contributed by atoms with Gasteiger partial charge in [-0.15, -0.1) is 0 Å². The Morgan fingerprint density at radius 3 is 2.54 bits per heavy atom. The van der Waals surface area contributed by atoms with E-state index >= 15 is 0 Å². The summed E-state index contributed by atoms with van der Waals surface area (Å²) in [5, 5.41) is 3.05. The maximum Gasteiger partial charge on any atom is 0.105 e. The highest BCUT2D eigenvalue weighted by Crippen LogP contribution is 2.05. The predicted octanol–water partition coefficient (Wildman–Crippen LogP) is 2.29. The van der Waals surface area contributed by atoms with Crippen molar-refractivity contribution in [3.05, 3.63) is 42.1 Å². The lowest BCUT2D eigenvalue weighted by atomic mass is 10.3. The first-order valence-electron chi connectivity index (χ1n) is 3.98. The summed E-state index contributed by atoms with van der Waals surface area (Å²) in [6.07, 6.45) is 1.72. The molecule has 1 aromatic rings. The van der Waals surface area contributed by atoms with E-state index in [9.17, 15) is 0 Å². The fraction of sp³-hybridized carbons (Fsp3) is 0.100. The minimum absolute atomic E-state index is 0.631. The maximum atomic E-state index is 5.48. The summed E-state index contributed by atoms with van der Waals surface area (Å²) in [5.41, 5.74) is 7.16. The molecule has 0 aliphatic heterocycles. The highest BCUT2D eigenvalue weighted by Gasteiger charge is 1.92. The Balaban J connectivity index is 2.61. The lowest BCUT2D eigenvalue weighted by molar-refractivity contribution is 1.33. The van der Waals surface area contributed by atoms with Gasteiger partial charge >= 0.3 is 0 Å². The first-order chi connectivity index (χ1) is 6.18. The number of thiocarbonyl (C=S) groups is 1. The Bertz CT molecular complexity index is 313. The van der Waals surface area contributed by atoms with E-state index in [4.69, 9.17) is 18.0 Å². The minimum Gasteiger partial charge on any atom is -0.402 e. The fourth-order valence-corrected chi connectivity index (χ4v) is 1.21. The SMILES string of the molecule is C/C(N)=C/C(=S)Nc1ccccc1. The number of allylic oxidation sites excluding steroid dienone is 1. The lowest BCUT2D eigenvalue weighted by Crippen LogP contribution is -2.07. The van der Waals surface area contributed by atoms with Crippen molar-refractivity contribution in [3.63, 3.8) is 0 Å². The van der Waals surface area contributed by atoms with Crippen LogP contribution in [0.15, 0.2) is 42.1 Å². The second-order valence-corrected chi connectivity index (χ2v) is 3.18. The summed E-state index contributed by atoms with van der Waals surface area (Å²) < 4.78 is 0. The molecule has 0 radical (unpaired) electrons. The van der Waals surface area contributed by atoms with Gasteiger partial charge in [0.25, 0.3) is 0 Å². The number of benzene rings is 1. The third-order valence-corrected chi connectivity index (χ3v) is 1.62. The van der Waals surface area contributed by atoms with Crippen molar-refractivity contribution in [2.75, 3.05) is 5.32 Å². The Morgan fingerprint density at radius 2 is 2.00 bits per heavy atom. The normalized spacial score (nSPS) is 11.0. The van der Waals surface area contributed by atoms with Gasteiger partial charge in [0.1, 0.15) is 4.99 Å². The smallest absolute Gasteiger partial charge is 0.105 e. The van der Waals surface area contributed by atoms with Crippen molar-refractivity contribution in [1.29, 1.82) is 0 Å². The molecule has 0 aromatic heterocycles. The van der Waals surface area contributed by atoms with Gasteiger partial charge in [-0.1, -0.05) is 30.4 Å². The summed E-state index contributed by atoms with van der Waals surface area (Å²) in [5.74, 6) is 0. The van der Waals surface area contributed by atoms with Crippen LogP contribution in [0.1, 0.15) is 6.92 Å². The summed E-state index contributed by atoms with van der Waals surface area (Å²) in [6.45, 7) is 1.80. The zero-order valence-corrected chi connectivity index (χ0v) is 8.27. The first kappa shape index (κ1) is 9.74. The van der Waals surface area contributed by atoms with Crippen LogP contribution in [0.25, 0.3) is 0 Å². The van der Waals surface area contributed by atoms with Crippen molar-refractivity contribution in [3.8, 4) is 0 Å². The molecule has 0 heterocycles. The zero-order valence-electron chi connectivity index (χ0n) is 7.45. The minimum atomic E-state index is 0.631. The van der Waals surface area contributed by atoms with E-state index in [0.717, 1.165) is 5.69 Å². The van der Waals surface area contributed by atoms with Gasteiger partial charge in [-0.05, 0) is 25.1 Å². The first-order valence-corrected chi connectivity index (χ1v) is 4.39. The van der Waals surface area contributed by atoms with E-state index in [-0.39, 0.29) is 0 Å². The van der Waals surface area contributed by atoms with Crippen LogP contribution in [-0.4, -0.2) is 4.99 Å². The lowest BCUT2D eigenvalue weighted by Gasteiger charge is -2.03. The Labute approximate surface area is 83.5 Å². The van der Waals surface area contributed by atoms with Crippen LogP contribution in [0, 0.1) is 0 Å². The monoisotopic (exact) mass is 192 g/mol. The molecule has 0 aliphatic rings. The number of nitrogens with one attached hydrogen (secondary N) is 1. The van der Waals surface area contributed by atoms with Crippen molar-refractivity contribution < 1.29 is 0 Å². The van der Waals surface area contributed by atoms with Crippen LogP contribution in [0.3, 0.4) is 0 Å². The van der Waals surface area contributed by atoms with Crippen LogP contribution in [-0.2, 0) is 0 Å². The largest absolute Gasteiger partial charge is 0.402 e. The van der Waals surface area contributed by atoms with Crippen molar-refractivity contribution >= 4 is 22.9 Å². The standard InChI is InChI=1S/C10H12N2S/c1-8(11)7-10(13)12-9-5-3-2-4-6-9/h2-7H,11H2,1H3,(H,12,13)/b8-7-. The molecule has 0 amide bonds. The predicted molar refractivity (Wildman–Crippen MR) is 60.6 cm³/mol. The van der Waals surface area contributed by atoms with E-state index in [0.29, 0.717) is 10.7 Å². The summed E-state index contributed by atoms with van der Waals surface area (Å²) >= 11 is 5.04. The van der Waals surface area contributed by atoms with E-state index in [1.54, 1.807) is 13.0 Å². The summed E-state index contributed by atoms with van der Waals surface area (Å²) in [4.78, 5) is 0.631. The molecule has 0 saturated heterocycles. The molecule has 68 valence electrons. The zero-order chi connectivity index (χ0) is 9.68.